The normalized spacial score (nSPS) is 25.8. The fourth-order valence-electron chi connectivity index (χ4n) is 4.41. The average molecular weight is 473 g/mol. The van der Waals surface area contributed by atoms with Crippen LogP contribution in [-0.2, 0) is 15.6 Å². The highest BCUT2D eigenvalue weighted by molar-refractivity contribution is 6.74. The van der Waals surface area contributed by atoms with E-state index in [1.807, 2.05) is 0 Å². The first-order valence-electron chi connectivity index (χ1n) is 11.0. The molecule has 1 aliphatic carbocycles. The largest absolute Gasteiger partial charge is 0.508 e. The van der Waals surface area contributed by atoms with Gasteiger partial charge in [0.15, 0.2) is 8.32 Å². The molecule has 2 aliphatic rings. The Morgan fingerprint density at radius 1 is 1.10 bits per heavy atom. The summed E-state index contributed by atoms with van der Waals surface area (Å²) in [6.07, 6.45) is 5.76. The number of likely N-dealkylation sites (tertiary alicyclic amines) is 1. The van der Waals surface area contributed by atoms with Gasteiger partial charge in [-0.1, -0.05) is 44.0 Å². The van der Waals surface area contributed by atoms with Gasteiger partial charge in [-0.3, -0.25) is 4.79 Å². The summed E-state index contributed by atoms with van der Waals surface area (Å²) in [5, 5.41) is 10.7. The topological polar surface area (TPSA) is 49.8 Å². The van der Waals surface area contributed by atoms with E-state index in [0.717, 1.165) is 44.2 Å². The van der Waals surface area contributed by atoms with E-state index < -0.39 is 8.32 Å². The van der Waals surface area contributed by atoms with Crippen molar-refractivity contribution in [3.05, 3.63) is 27.7 Å². The van der Waals surface area contributed by atoms with Crippen LogP contribution in [0.5, 0.6) is 5.75 Å². The van der Waals surface area contributed by atoms with E-state index in [1.54, 1.807) is 0 Å². The summed E-state index contributed by atoms with van der Waals surface area (Å²) < 4.78 is 6.60. The summed E-state index contributed by atoms with van der Waals surface area (Å²) in [4.78, 5) is 15.2. The molecule has 1 aromatic carbocycles. The first-order chi connectivity index (χ1) is 13.9. The molecule has 1 saturated heterocycles. The number of rotatable bonds is 5. The maximum absolute atomic E-state index is 13.1. The molecule has 1 atom stereocenters. The fourth-order valence-corrected chi connectivity index (χ4v) is 6.47. The molecule has 0 spiro atoms. The van der Waals surface area contributed by atoms with Crippen LogP contribution in [0.4, 0.5) is 0 Å². The Bertz CT molecular complexity index is 762. The second kappa shape index (κ2) is 9.01. The lowest BCUT2D eigenvalue weighted by atomic mass is 9.92. The second-order valence-electron chi connectivity index (χ2n) is 10.4. The molecule has 1 saturated carbocycles. The first-order valence-corrected chi connectivity index (χ1v) is 14.7. The summed E-state index contributed by atoms with van der Waals surface area (Å²) in [5.41, 5.74) is 0.753. The minimum atomic E-state index is -1.75. The van der Waals surface area contributed by atoms with Gasteiger partial charge in [0.05, 0.1) is 0 Å². The molecule has 4 nitrogen and oxygen atoms in total. The van der Waals surface area contributed by atoms with Crippen LogP contribution in [0.3, 0.4) is 0 Å². The third kappa shape index (κ3) is 5.17. The lowest BCUT2D eigenvalue weighted by Gasteiger charge is -2.42. The maximum Gasteiger partial charge on any atom is 0.226 e. The summed E-state index contributed by atoms with van der Waals surface area (Å²) in [7, 11) is -1.75. The number of hydrogen-bond acceptors (Lipinski definition) is 3. The van der Waals surface area contributed by atoms with Crippen LogP contribution < -0.4 is 0 Å². The van der Waals surface area contributed by atoms with Gasteiger partial charge < -0.3 is 14.4 Å². The molecule has 0 radical (unpaired) electrons. The number of carbonyl (C=O) groups excluding carboxylic acids is 1. The van der Waals surface area contributed by atoms with Crippen LogP contribution in [0.25, 0.3) is 0 Å². The molecule has 1 aromatic rings. The van der Waals surface area contributed by atoms with Crippen LogP contribution in [0.1, 0.15) is 58.4 Å². The molecule has 7 heteroatoms. The molecule has 30 heavy (non-hydrogen) atoms. The minimum absolute atomic E-state index is 0.0461. The third-order valence-corrected chi connectivity index (χ3v) is 12.5. The van der Waals surface area contributed by atoms with E-state index in [2.05, 4.69) is 38.8 Å². The van der Waals surface area contributed by atoms with Gasteiger partial charge >= 0.3 is 0 Å². The van der Waals surface area contributed by atoms with Crippen LogP contribution in [0.15, 0.2) is 12.1 Å². The Labute approximate surface area is 192 Å². The van der Waals surface area contributed by atoms with Crippen molar-refractivity contribution >= 4 is 37.4 Å². The van der Waals surface area contributed by atoms with Gasteiger partial charge in [0.25, 0.3) is 0 Å². The molecular weight excluding hydrogens is 437 g/mol. The monoisotopic (exact) mass is 471 g/mol. The fraction of sp³-hybridized carbons (Fsp3) is 0.696. The van der Waals surface area contributed by atoms with Gasteiger partial charge in [0, 0.05) is 34.7 Å². The summed E-state index contributed by atoms with van der Waals surface area (Å²) >= 11 is 12.5. The molecule has 2 fully saturated rings. The van der Waals surface area contributed by atoms with Crippen LogP contribution in [-0.4, -0.2) is 42.9 Å². The van der Waals surface area contributed by atoms with Crippen LogP contribution in [0.2, 0.25) is 28.2 Å². The third-order valence-electron chi connectivity index (χ3n) is 7.28. The van der Waals surface area contributed by atoms with E-state index >= 15 is 0 Å². The molecule has 1 heterocycles. The predicted octanol–water partition coefficient (Wildman–Crippen LogP) is 6.42. The number of phenols is 1. The smallest absolute Gasteiger partial charge is 0.226 e. The Morgan fingerprint density at radius 3 is 2.20 bits per heavy atom. The van der Waals surface area contributed by atoms with Gasteiger partial charge in [0.2, 0.25) is 5.91 Å². The Morgan fingerprint density at radius 2 is 1.67 bits per heavy atom. The van der Waals surface area contributed by atoms with Crippen molar-refractivity contribution in [1.29, 1.82) is 0 Å². The number of phenolic OH excluding ortho intramolecular Hbond substituents is 1. The molecule has 168 valence electrons. The molecule has 3 rings (SSSR count). The first kappa shape index (κ1) is 23.9. The van der Waals surface area contributed by atoms with Crippen molar-refractivity contribution in [2.24, 2.45) is 5.92 Å². The van der Waals surface area contributed by atoms with Crippen molar-refractivity contribution < 1.29 is 14.3 Å². The number of aromatic hydroxyl groups is 1. The predicted molar refractivity (Wildman–Crippen MR) is 126 cm³/mol. The Balaban J connectivity index is 1.56. The number of benzene rings is 1. The van der Waals surface area contributed by atoms with E-state index in [9.17, 15) is 9.90 Å². The molecular formula is C23H35Cl2NO3Si. The summed E-state index contributed by atoms with van der Waals surface area (Å²) in [6.45, 7) is 12.3. The van der Waals surface area contributed by atoms with Gasteiger partial charge in [-0.05, 0) is 74.4 Å². The van der Waals surface area contributed by atoms with Gasteiger partial charge in [-0.25, -0.2) is 0 Å². The number of nitrogens with zero attached hydrogens (tertiary/aromatic N) is 1. The Kier molecular flexibility index (Phi) is 7.18. The van der Waals surface area contributed by atoms with E-state index in [1.165, 1.54) is 12.1 Å². The van der Waals surface area contributed by atoms with Crippen molar-refractivity contribution in [3.63, 3.8) is 0 Å². The molecule has 0 unspecified atom stereocenters. The number of hydrogen-bond donors (Lipinski definition) is 1. The van der Waals surface area contributed by atoms with E-state index in [4.69, 9.17) is 27.6 Å². The average Bonchev–Trinajstić information content (AvgIpc) is 2.98. The minimum Gasteiger partial charge on any atom is -0.508 e. The van der Waals surface area contributed by atoms with Gasteiger partial charge in [0.1, 0.15) is 5.75 Å². The van der Waals surface area contributed by atoms with Crippen molar-refractivity contribution in [2.45, 2.75) is 89.6 Å². The highest BCUT2D eigenvalue weighted by atomic mass is 35.5. The second-order valence-corrected chi connectivity index (χ2v) is 16.0. The lowest BCUT2D eigenvalue weighted by molar-refractivity contribution is -0.133. The zero-order chi connectivity index (χ0) is 22.3. The van der Waals surface area contributed by atoms with Crippen molar-refractivity contribution in [1.82, 2.24) is 4.90 Å². The van der Waals surface area contributed by atoms with Crippen LogP contribution in [0, 0.1) is 5.92 Å². The van der Waals surface area contributed by atoms with Gasteiger partial charge in [-0.2, -0.15) is 0 Å². The lowest BCUT2D eigenvalue weighted by Crippen LogP contribution is -2.47. The highest BCUT2D eigenvalue weighted by Gasteiger charge is 2.42. The van der Waals surface area contributed by atoms with Crippen molar-refractivity contribution in [2.75, 3.05) is 6.54 Å². The number of halogens is 2. The Hall–Kier alpha value is -0.753. The molecule has 1 N–H and O–H groups in total. The summed E-state index contributed by atoms with van der Waals surface area (Å²) in [5.74, 6) is 0.166. The number of amides is 1. The van der Waals surface area contributed by atoms with Gasteiger partial charge in [-0.15, -0.1) is 0 Å². The molecule has 0 bridgehead atoms. The highest BCUT2D eigenvalue weighted by Crippen LogP contribution is 2.40. The zero-order valence-electron chi connectivity index (χ0n) is 18.8. The molecule has 1 aliphatic heterocycles. The molecule has 1 amide bonds. The van der Waals surface area contributed by atoms with Crippen LogP contribution >= 0.6 is 23.2 Å². The summed E-state index contributed by atoms with van der Waals surface area (Å²) in [6, 6.07) is 3.29. The zero-order valence-corrected chi connectivity index (χ0v) is 21.3. The quantitative estimate of drug-likeness (QED) is 0.503. The van der Waals surface area contributed by atoms with E-state index in [-0.39, 0.29) is 22.6 Å². The van der Waals surface area contributed by atoms with Crippen molar-refractivity contribution in [3.8, 4) is 5.75 Å². The van der Waals surface area contributed by atoms with E-state index in [0.29, 0.717) is 28.6 Å². The standard InChI is InChI=1S/C23H35Cl2NO3Si/c1-23(2,3)30(4,5)29-18-8-6-16(7-9-18)26-11-10-15(22(26)28)12-19-20(24)13-17(27)14-21(19)25/h13-16,18,27H,6-12H2,1-5H3/t15-,16?,18?/m1/s1. The number of carbonyl (C=O) groups is 1. The SMILES string of the molecule is CC(C)(C)[Si](C)(C)OC1CCC(N2CC[C@H](Cc3c(Cl)cc(O)cc3Cl)C2=O)CC1. The maximum atomic E-state index is 13.1. The molecule has 0 aromatic heterocycles.